The molecule has 3 aromatic rings. The first-order valence-electron chi connectivity index (χ1n) is 11.7. The van der Waals surface area contributed by atoms with Crippen molar-refractivity contribution >= 4 is 22.6 Å². The number of fused-ring (bicyclic) bond motifs is 1. The third-order valence-corrected chi connectivity index (χ3v) is 6.29. The zero-order valence-corrected chi connectivity index (χ0v) is 21.0. The van der Waals surface area contributed by atoms with Gasteiger partial charge in [0.25, 0.3) is 11.5 Å². The van der Waals surface area contributed by atoms with Crippen molar-refractivity contribution in [3.8, 4) is 0 Å². The highest BCUT2D eigenvalue weighted by Gasteiger charge is 2.38. The van der Waals surface area contributed by atoms with E-state index in [-0.39, 0.29) is 51.4 Å². The Morgan fingerprint density at radius 2 is 1.86 bits per heavy atom. The number of aryl methyl sites for hydroxylation is 2. The number of nitrogens with one attached hydrogen (secondary N) is 2. The number of amides is 1. The second kappa shape index (κ2) is 9.73. The number of H-pyrrole nitrogens is 1. The highest BCUT2D eigenvalue weighted by Crippen LogP contribution is 2.40. The summed E-state index contributed by atoms with van der Waals surface area (Å²) in [6, 6.07) is 1.03. The van der Waals surface area contributed by atoms with Crippen LogP contribution < -0.4 is 10.9 Å². The Morgan fingerprint density at radius 1 is 1.22 bits per heavy atom. The summed E-state index contributed by atoms with van der Waals surface area (Å²) in [5.74, 6) is -1.45. The molecule has 1 aromatic carbocycles. The van der Waals surface area contributed by atoms with Crippen LogP contribution in [0.5, 0.6) is 0 Å². The van der Waals surface area contributed by atoms with Gasteiger partial charge < -0.3 is 19.9 Å². The van der Waals surface area contributed by atoms with Crippen molar-refractivity contribution in [2.24, 2.45) is 0 Å². The Labute approximate surface area is 210 Å². The summed E-state index contributed by atoms with van der Waals surface area (Å²) in [6.07, 6.45) is -3.92. The van der Waals surface area contributed by atoms with Gasteiger partial charge >= 0.3 is 6.18 Å². The van der Waals surface area contributed by atoms with Crippen LogP contribution in [-0.4, -0.2) is 51.1 Å². The molecular formula is C25H27F4N5O3. The van der Waals surface area contributed by atoms with Crippen molar-refractivity contribution in [3.63, 3.8) is 0 Å². The van der Waals surface area contributed by atoms with Gasteiger partial charge in [-0.15, -0.1) is 0 Å². The van der Waals surface area contributed by atoms with Gasteiger partial charge in [-0.2, -0.15) is 13.2 Å². The molecule has 3 heterocycles. The molecule has 2 aromatic heterocycles. The fourth-order valence-electron chi connectivity index (χ4n) is 4.77. The van der Waals surface area contributed by atoms with Gasteiger partial charge in [-0.25, -0.2) is 14.4 Å². The molecule has 1 fully saturated rings. The number of halogens is 4. The van der Waals surface area contributed by atoms with E-state index < -0.39 is 35.1 Å². The average molecular weight is 522 g/mol. The molecule has 1 saturated heterocycles. The van der Waals surface area contributed by atoms with Crippen LogP contribution in [0.15, 0.2) is 23.1 Å². The zero-order chi connectivity index (χ0) is 27.2. The maximum Gasteiger partial charge on any atom is 0.417 e. The number of carbonyl (C=O) groups is 1. The Hall–Kier alpha value is -3.54. The molecule has 0 radical (unpaired) electrons. The van der Waals surface area contributed by atoms with Gasteiger partial charge in [-0.3, -0.25) is 9.59 Å². The van der Waals surface area contributed by atoms with Crippen molar-refractivity contribution in [2.45, 2.75) is 59.0 Å². The van der Waals surface area contributed by atoms with Gasteiger partial charge in [0, 0.05) is 19.3 Å². The van der Waals surface area contributed by atoms with Crippen LogP contribution in [0.3, 0.4) is 0 Å². The molecule has 1 aliphatic heterocycles. The molecule has 37 heavy (non-hydrogen) atoms. The average Bonchev–Trinajstić information content (AvgIpc) is 2.78. The van der Waals surface area contributed by atoms with E-state index in [2.05, 4.69) is 20.3 Å². The smallest absolute Gasteiger partial charge is 0.372 e. The Morgan fingerprint density at radius 3 is 2.46 bits per heavy atom. The second-order valence-electron chi connectivity index (χ2n) is 9.40. The van der Waals surface area contributed by atoms with E-state index in [0.717, 1.165) is 12.1 Å². The predicted octanol–water partition coefficient (Wildman–Crippen LogP) is 4.52. The number of benzene rings is 1. The number of hydrogen-bond acceptors (Lipinski definition) is 6. The normalized spacial score (nSPS) is 19.2. The van der Waals surface area contributed by atoms with Crippen LogP contribution >= 0.6 is 0 Å². The van der Waals surface area contributed by atoms with E-state index in [1.165, 1.54) is 27.0 Å². The molecular weight excluding hydrogens is 494 g/mol. The highest BCUT2D eigenvalue weighted by atomic mass is 19.4. The molecule has 3 atom stereocenters. The number of rotatable bonds is 4. The van der Waals surface area contributed by atoms with Crippen LogP contribution in [0.25, 0.3) is 10.9 Å². The summed E-state index contributed by atoms with van der Waals surface area (Å²) in [5, 5.41) is 2.65. The van der Waals surface area contributed by atoms with Crippen molar-refractivity contribution in [1.29, 1.82) is 0 Å². The number of hydrogen-bond donors (Lipinski definition) is 2. The minimum absolute atomic E-state index is 0.0110. The van der Waals surface area contributed by atoms with Gasteiger partial charge in [0.2, 0.25) is 0 Å². The van der Waals surface area contributed by atoms with Crippen LogP contribution in [0.4, 0.5) is 23.4 Å². The quantitative estimate of drug-likeness (QED) is 0.490. The lowest BCUT2D eigenvalue weighted by Gasteiger charge is -2.35. The summed E-state index contributed by atoms with van der Waals surface area (Å²) in [6.45, 7) is 8.49. The summed E-state index contributed by atoms with van der Waals surface area (Å²) in [4.78, 5) is 37.4. The van der Waals surface area contributed by atoms with Crippen LogP contribution in [-0.2, 0) is 10.9 Å². The van der Waals surface area contributed by atoms with E-state index in [1.807, 2.05) is 13.8 Å². The summed E-state index contributed by atoms with van der Waals surface area (Å²) < 4.78 is 62.9. The summed E-state index contributed by atoms with van der Waals surface area (Å²) in [5.41, 5.74) is -2.03. The Balaban J connectivity index is 1.67. The first kappa shape index (κ1) is 26.5. The SMILES string of the molecule is Cc1nc2c(C)c(C(F)(F)F)c(C(C)Nc3ncc(C(=O)N4CC(C)OC(C)C4)cc3F)cc2c(=O)[nH]1. The van der Waals surface area contributed by atoms with Crippen LogP contribution in [0, 0.1) is 19.7 Å². The molecule has 0 aliphatic carbocycles. The number of morpholine rings is 1. The Bertz CT molecular complexity index is 1410. The Kier molecular flexibility index (Phi) is 6.97. The molecule has 3 unspecified atom stereocenters. The molecule has 198 valence electrons. The van der Waals surface area contributed by atoms with Gasteiger partial charge in [0.15, 0.2) is 11.6 Å². The number of aromatic amines is 1. The van der Waals surface area contributed by atoms with Crippen molar-refractivity contribution < 1.29 is 27.1 Å². The second-order valence-corrected chi connectivity index (χ2v) is 9.40. The molecule has 8 nitrogen and oxygen atoms in total. The number of pyridine rings is 1. The van der Waals surface area contributed by atoms with Crippen molar-refractivity contribution in [3.05, 3.63) is 62.6 Å². The minimum atomic E-state index is -4.75. The number of ether oxygens (including phenoxy) is 1. The maximum atomic E-state index is 15.0. The first-order chi connectivity index (χ1) is 17.3. The van der Waals surface area contributed by atoms with Crippen LogP contribution in [0.1, 0.15) is 59.7 Å². The number of alkyl halides is 3. The molecule has 12 heteroatoms. The van der Waals surface area contributed by atoms with Gasteiger partial charge in [-0.05, 0) is 57.9 Å². The van der Waals surface area contributed by atoms with Crippen molar-refractivity contribution in [1.82, 2.24) is 19.9 Å². The number of carbonyl (C=O) groups excluding carboxylic acids is 1. The number of aromatic nitrogens is 3. The molecule has 0 spiro atoms. The fraction of sp³-hybridized carbons (Fsp3) is 0.440. The molecule has 1 aliphatic rings. The number of anilines is 1. The highest BCUT2D eigenvalue weighted by molar-refractivity contribution is 5.94. The van der Waals surface area contributed by atoms with E-state index in [9.17, 15) is 27.2 Å². The molecule has 0 bridgehead atoms. The largest absolute Gasteiger partial charge is 0.417 e. The fourth-order valence-corrected chi connectivity index (χ4v) is 4.77. The first-order valence-corrected chi connectivity index (χ1v) is 11.7. The van der Waals surface area contributed by atoms with Crippen molar-refractivity contribution in [2.75, 3.05) is 18.4 Å². The lowest BCUT2D eigenvalue weighted by atomic mass is 9.93. The van der Waals surface area contributed by atoms with Gasteiger partial charge in [0.05, 0.1) is 40.3 Å². The van der Waals surface area contributed by atoms with E-state index in [1.54, 1.807) is 4.90 Å². The molecule has 0 saturated carbocycles. The summed E-state index contributed by atoms with van der Waals surface area (Å²) >= 11 is 0. The topological polar surface area (TPSA) is 100 Å². The minimum Gasteiger partial charge on any atom is -0.372 e. The van der Waals surface area contributed by atoms with E-state index >= 15 is 0 Å². The van der Waals surface area contributed by atoms with E-state index in [4.69, 9.17) is 4.74 Å². The van der Waals surface area contributed by atoms with Gasteiger partial charge in [0.1, 0.15) is 5.82 Å². The standard InChI is InChI=1S/C25H27F4N5O3/c1-11-9-34(10-12(2)37-11)24(36)16-6-19(26)22(30-8-16)31-14(4)17-7-18-21(32-15(5)33-23(18)35)13(3)20(17)25(27,28)29/h6-8,11-12,14H,9-10H2,1-5H3,(H,30,31)(H,32,33,35). The lowest BCUT2D eigenvalue weighted by molar-refractivity contribution is -0.138. The third-order valence-electron chi connectivity index (χ3n) is 6.29. The molecule has 4 rings (SSSR count). The lowest BCUT2D eigenvalue weighted by Crippen LogP contribution is -2.48. The molecule has 1 amide bonds. The van der Waals surface area contributed by atoms with Gasteiger partial charge in [-0.1, -0.05) is 0 Å². The van der Waals surface area contributed by atoms with E-state index in [0.29, 0.717) is 13.1 Å². The third kappa shape index (κ3) is 5.29. The monoisotopic (exact) mass is 521 g/mol. The zero-order valence-electron chi connectivity index (χ0n) is 21.0. The maximum absolute atomic E-state index is 15.0. The summed E-state index contributed by atoms with van der Waals surface area (Å²) in [7, 11) is 0. The van der Waals surface area contributed by atoms with Crippen LogP contribution in [0.2, 0.25) is 0 Å². The predicted molar refractivity (Wildman–Crippen MR) is 129 cm³/mol. The molecule has 2 N–H and O–H groups in total. The number of nitrogens with zero attached hydrogens (tertiary/aromatic N) is 3.